The van der Waals surface area contributed by atoms with Crippen LogP contribution in [-0.2, 0) is 9.59 Å². The number of carbonyl (C=O) groups is 3. The largest absolute Gasteiger partial charge is 0.326 e. The standard InChI is InChI=1S/C19H18ClFN2O3/c1-12(24)14-3-6-16(7-4-14)23(13(2)25)10-9-19(26)22-15-5-8-18(21)17(20)11-15/h3-8,11H,9-10H2,1-2H3,(H,22,26). The van der Waals surface area contributed by atoms with Crippen LogP contribution in [0.15, 0.2) is 42.5 Å². The van der Waals surface area contributed by atoms with Gasteiger partial charge in [0.15, 0.2) is 5.78 Å². The van der Waals surface area contributed by atoms with E-state index in [1.165, 1.54) is 30.9 Å². The first-order valence-electron chi connectivity index (χ1n) is 7.92. The Morgan fingerprint density at radius 2 is 1.73 bits per heavy atom. The first-order valence-corrected chi connectivity index (χ1v) is 8.29. The van der Waals surface area contributed by atoms with Crippen molar-refractivity contribution in [2.24, 2.45) is 0 Å². The fourth-order valence-electron chi connectivity index (χ4n) is 2.36. The van der Waals surface area contributed by atoms with Gasteiger partial charge in [-0.2, -0.15) is 0 Å². The molecule has 2 rings (SSSR count). The number of halogens is 2. The highest BCUT2D eigenvalue weighted by molar-refractivity contribution is 6.31. The van der Waals surface area contributed by atoms with Crippen molar-refractivity contribution in [2.75, 3.05) is 16.8 Å². The average Bonchev–Trinajstić information content (AvgIpc) is 2.58. The molecule has 2 aromatic rings. The summed E-state index contributed by atoms with van der Waals surface area (Å²) < 4.78 is 13.1. The Balaban J connectivity index is 2.01. The summed E-state index contributed by atoms with van der Waals surface area (Å²) in [5.41, 5.74) is 1.52. The van der Waals surface area contributed by atoms with E-state index in [-0.39, 0.29) is 35.6 Å². The predicted octanol–water partition coefficient (Wildman–Crippen LogP) is 4.06. The van der Waals surface area contributed by atoms with E-state index in [1.807, 2.05) is 0 Å². The van der Waals surface area contributed by atoms with E-state index in [1.54, 1.807) is 24.3 Å². The van der Waals surface area contributed by atoms with Crippen molar-refractivity contribution >= 4 is 40.6 Å². The number of carbonyl (C=O) groups excluding carboxylic acids is 3. The second-order valence-electron chi connectivity index (χ2n) is 5.70. The molecule has 0 spiro atoms. The molecule has 0 aliphatic rings. The third-order valence-corrected chi connectivity index (χ3v) is 4.02. The van der Waals surface area contributed by atoms with Gasteiger partial charge in [-0.25, -0.2) is 4.39 Å². The minimum absolute atomic E-state index is 0.0447. The van der Waals surface area contributed by atoms with Gasteiger partial charge in [0.05, 0.1) is 5.02 Å². The summed E-state index contributed by atoms with van der Waals surface area (Å²) in [6.45, 7) is 3.02. The lowest BCUT2D eigenvalue weighted by Crippen LogP contribution is -2.32. The average molecular weight is 377 g/mol. The van der Waals surface area contributed by atoms with Crippen molar-refractivity contribution in [1.29, 1.82) is 0 Å². The lowest BCUT2D eigenvalue weighted by atomic mass is 10.1. The number of nitrogens with zero attached hydrogens (tertiary/aromatic N) is 1. The highest BCUT2D eigenvalue weighted by Gasteiger charge is 2.14. The fraction of sp³-hybridized carbons (Fsp3) is 0.211. The molecule has 0 saturated heterocycles. The van der Waals surface area contributed by atoms with Crippen molar-refractivity contribution in [3.63, 3.8) is 0 Å². The molecule has 5 nitrogen and oxygen atoms in total. The third-order valence-electron chi connectivity index (χ3n) is 3.73. The van der Waals surface area contributed by atoms with E-state index in [0.717, 1.165) is 6.07 Å². The summed E-state index contributed by atoms with van der Waals surface area (Å²) in [7, 11) is 0. The number of anilines is 2. The molecule has 2 amide bonds. The SMILES string of the molecule is CC(=O)c1ccc(N(CCC(=O)Nc2ccc(F)c(Cl)c2)C(C)=O)cc1. The Morgan fingerprint density at radius 3 is 2.27 bits per heavy atom. The van der Waals surface area contributed by atoms with Crippen LogP contribution in [0.3, 0.4) is 0 Å². The highest BCUT2D eigenvalue weighted by Crippen LogP contribution is 2.20. The number of rotatable bonds is 6. The minimum Gasteiger partial charge on any atom is -0.326 e. The monoisotopic (exact) mass is 376 g/mol. The topological polar surface area (TPSA) is 66.5 Å². The van der Waals surface area contributed by atoms with Gasteiger partial charge >= 0.3 is 0 Å². The lowest BCUT2D eigenvalue weighted by Gasteiger charge is -2.21. The van der Waals surface area contributed by atoms with Gasteiger partial charge in [-0.15, -0.1) is 0 Å². The number of hydrogen-bond acceptors (Lipinski definition) is 3. The van der Waals surface area contributed by atoms with Crippen LogP contribution in [-0.4, -0.2) is 24.1 Å². The predicted molar refractivity (Wildman–Crippen MR) is 99.1 cm³/mol. The summed E-state index contributed by atoms with van der Waals surface area (Å²) >= 11 is 5.68. The first kappa shape index (κ1) is 19.6. The smallest absolute Gasteiger partial charge is 0.226 e. The molecule has 0 heterocycles. The van der Waals surface area contributed by atoms with Crippen LogP contribution in [0.25, 0.3) is 0 Å². The number of ketones is 1. The van der Waals surface area contributed by atoms with Crippen LogP contribution in [0.1, 0.15) is 30.6 Å². The molecule has 1 N–H and O–H groups in total. The Hall–Kier alpha value is -2.73. The van der Waals surface area contributed by atoms with Gasteiger partial charge in [0.2, 0.25) is 11.8 Å². The van der Waals surface area contributed by atoms with Crippen molar-refractivity contribution in [2.45, 2.75) is 20.3 Å². The van der Waals surface area contributed by atoms with Gasteiger partial charge in [0.1, 0.15) is 5.82 Å². The summed E-state index contributed by atoms with van der Waals surface area (Å²) in [6, 6.07) is 10.5. The molecule has 0 radical (unpaired) electrons. The highest BCUT2D eigenvalue weighted by atomic mass is 35.5. The minimum atomic E-state index is -0.568. The van der Waals surface area contributed by atoms with E-state index >= 15 is 0 Å². The molecular weight excluding hydrogens is 359 g/mol. The van der Waals surface area contributed by atoms with E-state index in [2.05, 4.69) is 5.32 Å². The molecule has 0 aliphatic heterocycles. The molecule has 0 unspecified atom stereocenters. The van der Waals surface area contributed by atoms with Crippen LogP contribution >= 0.6 is 11.6 Å². The molecule has 0 saturated carbocycles. The number of nitrogens with one attached hydrogen (secondary N) is 1. The van der Waals surface area contributed by atoms with Gasteiger partial charge in [-0.1, -0.05) is 11.6 Å². The number of benzene rings is 2. The maximum Gasteiger partial charge on any atom is 0.226 e. The fourth-order valence-corrected chi connectivity index (χ4v) is 2.54. The Kier molecular flexibility index (Phi) is 6.46. The quantitative estimate of drug-likeness (QED) is 0.773. The molecular formula is C19H18ClFN2O3. The second-order valence-corrected chi connectivity index (χ2v) is 6.11. The van der Waals surface area contributed by atoms with E-state index in [4.69, 9.17) is 11.6 Å². The first-order chi connectivity index (χ1) is 12.3. The number of amides is 2. The molecule has 136 valence electrons. The van der Waals surface area contributed by atoms with Crippen LogP contribution in [0, 0.1) is 5.82 Å². The third kappa shape index (κ3) is 5.13. The van der Waals surface area contributed by atoms with Crippen LogP contribution < -0.4 is 10.2 Å². The Morgan fingerprint density at radius 1 is 1.08 bits per heavy atom. The Labute approximate surface area is 155 Å². The van der Waals surface area contributed by atoms with E-state index < -0.39 is 5.82 Å². The number of hydrogen-bond donors (Lipinski definition) is 1. The molecule has 2 aromatic carbocycles. The van der Waals surface area contributed by atoms with Gasteiger partial charge in [0.25, 0.3) is 0 Å². The van der Waals surface area contributed by atoms with E-state index in [0.29, 0.717) is 16.9 Å². The van der Waals surface area contributed by atoms with Crippen molar-refractivity contribution < 1.29 is 18.8 Å². The van der Waals surface area contributed by atoms with E-state index in [9.17, 15) is 18.8 Å². The molecule has 0 aromatic heterocycles. The molecule has 7 heteroatoms. The summed E-state index contributed by atoms with van der Waals surface area (Å²) in [6.07, 6.45) is 0.0447. The molecule has 0 aliphatic carbocycles. The van der Waals surface area contributed by atoms with Crippen LogP contribution in [0.4, 0.5) is 15.8 Å². The lowest BCUT2D eigenvalue weighted by molar-refractivity contribution is -0.117. The maximum atomic E-state index is 13.1. The summed E-state index contributed by atoms with van der Waals surface area (Å²) in [4.78, 5) is 36.7. The molecule has 0 fully saturated rings. The summed E-state index contributed by atoms with van der Waals surface area (Å²) in [5, 5.41) is 2.52. The summed E-state index contributed by atoms with van der Waals surface area (Å²) in [5.74, 6) is -1.19. The van der Waals surface area contributed by atoms with Crippen molar-refractivity contribution in [3.8, 4) is 0 Å². The van der Waals surface area contributed by atoms with Gasteiger partial charge in [0, 0.05) is 36.8 Å². The zero-order valence-corrected chi connectivity index (χ0v) is 15.1. The Bertz CT molecular complexity index is 837. The van der Waals surface area contributed by atoms with Gasteiger partial charge < -0.3 is 10.2 Å². The van der Waals surface area contributed by atoms with Crippen LogP contribution in [0.2, 0.25) is 5.02 Å². The molecule has 26 heavy (non-hydrogen) atoms. The second kappa shape index (κ2) is 8.58. The normalized spacial score (nSPS) is 10.3. The van der Waals surface area contributed by atoms with Gasteiger partial charge in [-0.05, 0) is 49.4 Å². The van der Waals surface area contributed by atoms with Crippen LogP contribution in [0.5, 0.6) is 0 Å². The zero-order valence-electron chi connectivity index (χ0n) is 14.4. The number of Topliss-reactive ketones (excluding diaryl/α,β-unsaturated/α-hetero) is 1. The van der Waals surface area contributed by atoms with Crippen molar-refractivity contribution in [3.05, 3.63) is 58.9 Å². The molecule has 0 bridgehead atoms. The zero-order chi connectivity index (χ0) is 19.3. The maximum absolute atomic E-state index is 13.1. The van der Waals surface area contributed by atoms with Crippen molar-refractivity contribution in [1.82, 2.24) is 0 Å². The van der Waals surface area contributed by atoms with Gasteiger partial charge in [-0.3, -0.25) is 14.4 Å². The molecule has 0 atom stereocenters.